The number of aryl methyl sites for hydroxylation is 2. The Morgan fingerprint density at radius 1 is 1.43 bits per heavy atom. The van der Waals surface area contributed by atoms with Gasteiger partial charge in [0, 0.05) is 17.8 Å². The highest BCUT2D eigenvalue weighted by molar-refractivity contribution is 5.74. The van der Waals surface area contributed by atoms with Gasteiger partial charge in [0.1, 0.15) is 18.1 Å². The van der Waals surface area contributed by atoms with Gasteiger partial charge in [-0.3, -0.25) is 4.98 Å². The summed E-state index contributed by atoms with van der Waals surface area (Å²) in [5.41, 5.74) is 1.90. The van der Waals surface area contributed by atoms with Crippen LogP contribution in [-0.2, 0) is 6.42 Å². The quantitative estimate of drug-likeness (QED) is 0.762. The Bertz CT molecular complexity index is 608. The summed E-state index contributed by atoms with van der Waals surface area (Å²) in [7, 11) is 0. The van der Waals surface area contributed by atoms with E-state index in [-0.39, 0.29) is 12.1 Å². The van der Waals surface area contributed by atoms with Crippen LogP contribution in [0, 0.1) is 13.8 Å². The highest BCUT2D eigenvalue weighted by atomic mass is 16.5. The van der Waals surface area contributed by atoms with Gasteiger partial charge in [-0.15, -0.1) is 0 Å². The Morgan fingerprint density at radius 3 is 2.91 bits per heavy atom. The number of amides is 2. The van der Waals surface area contributed by atoms with Crippen molar-refractivity contribution < 1.29 is 14.1 Å². The smallest absolute Gasteiger partial charge is 0.315 e. The first-order valence-electron chi connectivity index (χ1n) is 7.55. The number of nitrogens with zero attached hydrogens (tertiary/aromatic N) is 2. The van der Waals surface area contributed by atoms with Crippen molar-refractivity contribution in [3.8, 4) is 5.75 Å². The summed E-state index contributed by atoms with van der Waals surface area (Å²) in [6, 6.07) is 3.37. The fourth-order valence-electron chi connectivity index (χ4n) is 2.19. The second-order valence-corrected chi connectivity index (χ2v) is 5.35. The van der Waals surface area contributed by atoms with Crippen LogP contribution in [0.5, 0.6) is 5.75 Å². The van der Waals surface area contributed by atoms with Crippen molar-refractivity contribution in [1.29, 1.82) is 0 Å². The molecule has 0 spiro atoms. The molecule has 1 atom stereocenters. The number of hydrogen-bond donors (Lipinski definition) is 2. The van der Waals surface area contributed by atoms with E-state index in [1.807, 2.05) is 26.8 Å². The van der Waals surface area contributed by atoms with Crippen LogP contribution in [0.1, 0.15) is 23.9 Å². The van der Waals surface area contributed by atoms with Gasteiger partial charge in [-0.2, -0.15) is 0 Å². The lowest BCUT2D eigenvalue weighted by Gasteiger charge is -2.14. The predicted molar refractivity (Wildman–Crippen MR) is 85.4 cm³/mol. The Balaban J connectivity index is 1.66. The van der Waals surface area contributed by atoms with Crippen molar-refractivity contribution in [2.45, 2.75) is 33.2 Å². The van der Waals surface area contributed by atoms with Gasteiger partial charge in [0.25, 0.3) is 0 Å². The van der Waals surface area contributed by atoms with E-state index in [0.29, 0.717) is 25.3 Å². The normalized spacial score (nSPS) is 11.8. The Morgan fingerprint density at radius 2 is 2.26 bits per heavy atom. The molecule has 0 aliphatic rings. The van der Waals surface area contributed by atoms with Crippen molar-refractivity contribution in [3.63, 3.8) is 0 Å². The van der Waals surface area contributed by atoms with Crippen molar-refractivity contribution in [1.82, 2.24) is 20.8 Å². The molecule has 7 nitrogen and oxygen atoms in total. The Labute approximate surface area is 135 Å². The minimum absolute atomic E-state index is 0.0222. The molecule has 2 aromatic rings. The molecule has 124 valence electrons. The standard InChI is InChI=1S/C16H22N4O3/c1-11(9-15-12(2)20-23-13(15)3)19-16(21)18-7-8-22-14-5-4-6-17-10-14/h4-6,10-11H,7-9H2,1-3H3,(H2,18,19,21)/t11-/m1/s1. The van der Waals surface area contributed by atoms with Crippen LogP contribution in [0.4, 0.5) is 4.79 Å². The molecule has 0 bridgehead atoms. The molecule has 2 amide bonds. The van der Waals surface area contributed by atoms with Gasteiger partial charge < -0.3 is 19.9 Å². The highest BCUT2D eigenvalue weighted by Crippen LogP contribution is 2.14. The molecule has 0 saturated carbocycles. The minimum Gasteiger partial charge on any atom is -0.490 e. The Hall–Kier alpha value is -2.57. The maximum atomic E-state index is 11.8. The summed E-state index contributed by atoms with van der Waals surface area (Å²) in [5, 5.41) is 9.55. The second kappa shape index (κ2) is 8.17. The third-order valence-corrected chi connectivity index (χ3v) is 3.36. The summed E-state index contributed by atoms with van der Waals surface area (Å²) >= 11 is 0. The number of aromatic nitrogens is 2. The molecule has 0 radical (unpaired) electrons. The first-order valence-corrected chi connectivity index (χ1v) is 7.55. The first-order chi connectivity index (χ1) is 11.1. The minimum atomic E-state index is -0.223. The molecule has 0 aliphatic heterocycles. The van der Waals surface area contributed by atoms with E-state index in [2.05, 4.69) is 20.8 Å². The average Bonchev–Trinajstić information content (AvgIpc) is 2.84. The van der Waals surface area contributed by atoms with Crippen LogP contribution in [0.25, 0.3) is 0 Å². The van der Waals surface area contributed by atoms with Gasteiger partial charge in [-0.05, 0) is 39.3 Å². The van der Waals surface area contributed by atoms with E-state index in [0.717, 1.165) is 17.0 Å². The van der Waals surface area contributed by atoms with Crippen LogP contribution in [-0.4, -0.2) is 35.4 Å². The summed E-state index contributed by atoms with van der Waals surface area (Å²) in [4.78, 5) is 15.8. The molecule has 2 N–H and O–H groups in total. The van der Waals surface area contributed by atoms with Gasteiger partial charge in [0.15, 0.2) is 0 Å². The molecule has 0 saturated heterocycles. The number of hydrogen-bond acceptors (Lipinski definition) is 5. The first kappa shape index (κ1) is 16.8. The molecule has 2 rings (SSSR count). The predicted octanol–water partition coefficient (Wildman–Crippen LogP) is 2.00. The largest absolute Gasteiger partial charge is 0.490 e. The van der Waals surface area contributed by atoms with Crippen LogP contribution in [0.2, 0.25) is 0 Å². The topological polar surface area (TPSA) is 89.3 Å². The van der Waals surface area contributed by atoms with E-state index in [1.165, 1.54) is 0 Å². The zero-order chi connectivity index (χ0) is 16.7. The molecule has 7 heteroatoms. The fourth-order valence-corrected chi connectivity index (χ4v) is 2.19. The van der Waals surface area contributed by atoms with E-state index in [1.54, 1.807) is 18.5 Å². The molecular formula is C16H22N4O3. The number of carbonyl (C=O) groups is 1. The van der Waals surface area contributed by atoms with E-state index >= 15 is 0 Å². The van der Waals surface area contributed by atoms with Crippen LogP contribution >= 0.6 is 0 Å². The van der Waals surface area contributed by atoms with E-state index < -0.39 is 0 Å². The molecule has 0 unspecified atom stereocenters. The highest BCUT2D eigenvalue weighted by Gasteiger charge is 2.14. The fraction of sp³-hybridized carbons (Fsp3) is 0.438. The van der Waals surface area contributed by atoms with Gasteiger partial charge in [-0.1, -0.05) is 5.16 Å². The third kappa shape index (κ3) is 5.28. The zero-order valence-electron chi connectivity index (χ0n) is 13.6. The van der Waals surface area contributed by atoms with Crippen molar-refractivity contribution in [2.75, 3.05) is 13.2 Å². The monoisotopic (exact) mass is 318 g/mol. The lowest BCUT2D eigenvalue weighted by atomic mass is 10.1. The summed E-state index contributed by atoms with van der Waals surface area (Å²) in [6.07, 6.45) is 3.99. The number of pyridine rings is 1. The molecule has 2 heterocycles. The summed E-state index contributed by atoms with van der Waals surface area (Å²) in [5.74, 6) is 1.47. The molecule has 23 heavy (non-hydrogen) atoms. The molecular weight excluding hydrogens is 296 g/mol. The lowest BCUT2D eigenvalue weighted by molar-refractivity contribution is 0.233. The van der Waals surface area contributed by atoms with Crippen molar-refractivity contribution in [2.24, 2.45) is 0 Å². The van der Waals surface area contributed by atoms with Crippen molar-refractivity contribution in [3.05, 3.63) is 41.5 Å². The molecule has 0 fully saturated rings. The summed E-state index contributed by atoms with van der Waals surface area (Å²) in [6.45, 7) is 6.51. The second-order valence-electron chi connectivity index (χ2n) is 5.35. The number of rotatable bonds is 7. The number of ether oxygens (including phenoxy) is 1. The van der Waals surface area contributed by atoms with E-state index in [4.69, 9.17) is 9.26 Å². The molecule has 0 aliphatic carbocycles. The van der Waals surface area contributed by atoms with Crippen LogP contribution in [0.15, 0.2) is 29.0 Å². The SMILES string of the molecule is Cc1noc(C)c1C[C@@H](C)NC(=O)NCCOc1cccnc1. The van der Waals surface area contributed by atoms with Gasteiger partial charge >= 0.3 is 6.03 Å². The summed E-state index contributed by atoms with van der Waals surface area (Å²) < 4.78 is 10.6. The maximum Gasteiger partial charge on any atom is 0.315 e. The van der Waals surface area contributed by atoms with Gasteiger partial charge in [-0.25, -0.2) is 4.79 Å². The lowest BCUT2D eigenvalue weighted by Crippen LogP contribution is -2.43. The Kier molecular flexibility index (Phi) is 5.96. The van der Waals surface area contributed by atoms with E-state index in [9.17, 15) is 4.79 Å². The maximum absolute atomic E-state index is 11.8. The average molecular weight is 318 g/mol. The number of urea groups is 1. The van der Waals surface area contributed by atoms with Gasteiger partial charge in [0.05, 0.1) is 18.4 Å². The van der Waals surface area contributed by atoms with Crippen molar-refractivity contribution >= 4 is 6.03 Å². The number of carbonyl (C=O) groups excluding carboxylic acids is 1. The zero-order valence-corrected chi connectivity index (χ0v) is 13.6. The third-order valence-electron chi connectivity index (χ3n) is 3.36. The number of nitrogens with one attached hydrogen (secondary N) is 2. The molecule has 2 aromatic heterocycles. The van der Waals surface area contributed by atoms with Crippen LogP contribution < -0.4 is 15.4 Å². The van der Waals surface area contributed by atoms with Gasteiger partial charge in [0.2, 0.25) is 0 Å². The van der Waals surface area contributed by atoms with Crippen LogP contribution in [0.3, 0.4) is 0 Å². The molecule has 0 aromatic carbocycles.